The lowest BCUT2D eigenvalue weighted by Crippen LogP contribution is -2.48. The fourth-order valence-corrected chi connectivity index (χ4v) is 1.63. The van der Waals surface area contributed by atoms with Gasteiger partial charge in [0.15, 0.2) is 0 Å². The van der Waals surface area contributed by atoms with Crippen molar-refractivity contribution in [1.29, 1.82) is 0 Å². The molecule has 1 atom stereocenters. The van der Waals surface area contributed by atoms with Crippen LogP contribution in [0.4, 0.5) is 10.1 Å². The third kappa shape index (κ3) is 3.53. The van der Waals surface area contributed by atoms with Crippen LogP contribution in [0.25, 0.3) is 0 Å². The molecule has 1 unspecified atom stereocenters. The first-order valence-electron chi connectivity index (χ1n) is 5.73. The second-order valence-electron chi connectivity index (χ2n) is 4.58. The Kier molecular flexibility index (Phi) is 4.23. The van der Waals surface area contributed by atoms with Crippen LogP contribution in [-0.2, 0) is 4.79 Å². The topological polar surface area (TPSA) is 55.1 Å². The molecule has 0 saturated heterocycles. The first kappa shape index (κ1) is 13.6. The molecular weight excluding hydrogens is 219 g/mol. The van der Waals surface area contributed by atoms with Gasteiger partial charge in [-0.2, -0.15) is 0 Å². The Hall–Kier alpha value is -1.42. The molecular formula is C13H19FN2O. The number of nitrogens with one attached hydrogen (secondary N) is 1. The highest BCUT2D eigenvalue weighted by Gasteiger charge is 2.27. The quantitative estimate of drug-likeness (QED) is 0.847. The van der Waals surface area contributed by atoms with Gasteiger partial charge in [-0.25, -0.2) is 4.39 Å². The van der Waals surface area contributed by atoms with E-state index in [2.05, 4.69) is 5.32 Å². The molecule has 0 aliphatic heterocycles. The molecule has 0 radical (unpaired) electrons. The van der Waals surface area contributed by atoms with Crippen LogP contribution in [0.15, 0.2) is 18.2 Å². The van der Waals surface area contributed by atoms with Gasteiger partial charge in [-0.15, -0.1) is 0 Å². The van der Waals surface area contributed by atoms with Crippen LogP contribution in [0.5, 0.6) is 0 Å². The number of carbonyl (C=O) groups excluding carboxylic acids is 1. The Labute approximate surface area is 101 Å². The van der Waals surface area contributed by atoms with Gasteiger partial charge in [0.1, 0.15) is 5.82 Å². The summed E-state index contributed by atoms with van der Waals surface area (Å²) in [6.45, 7) is 5.45. The zero-order chi connectivity index (χ0) is 13.1. The number of amides is 1. The Morgan fingerprint density at radius 1 is 1.53 bits per heavy atom. The SMILES string of the molecule is CCCC(C)(N)C(=O)Nc1cc(F)ccc1C. The van der Waals surface area contributed by atoms with Gasteiger partial charge in [-0.05, 0) is 38.0 Å². The smallest absolute Gasteiger partial charge is 0.244 e. The lowest BCUT2D eigenvalue weighted by Gasteiger charge is -2.23. The number of benzene rings is 1. The molecule has 0 aliphatic carbocycles. The highest BCUT2D eigenvalue weighted by molar-refractivity contribution is 5.98. The van der Waals surface area contributed by atoms with Crippen molar-refractivity contribution < 1.29 is 9.18 Å². The van der Waals surface area contributed by atoms with E-state index >= 15 is 0 Å². The van der Waals surface area contributed by atoms with Crippen LogP contribution >= 0.6 is 0 Å². The fraction of sp³-hybridized carbons (Fsp3) is 0.462. The number of aryl methyl sites for hydroxylation is 1. The number of hydrogen-bond donors (Lipinski definition) is 2. The highest BCUT2D eigenvalue weighted by Crippen LogP contribution is 2.18. The summed E-state index contributed by atoms with van der Waals surface area (Å²) >= 11 is 0. The normalized spacial score (nSPS) is 14.2. The summed E-state index contributed by atoms with van der Waals surface area (Å²) < 4.78 is 13.1. The summed E-state index contributed by atoms with van der Waals surface area (Å²) in [5, 5.41) is 2.67. The number of anilines is 1. The Morgan fingerprint density at radius 3 is 2.76 bits per heavy atom. The van der Waals surface area contributed by atoms with Crippen LogP contribution in [0, 0.1) is 12.7 Å². The number of rotatable bonds is 4. The van der Waals surface area contributed by atoms with Gasteiger partial charge < -0.3 is 11.1 Å². The minimum atomic E-state index is -0.923. The van der Waals surface area contributed by atoms with E-state index in [1.165, 1.54) is 12.1 Å². The van der Waals surface area contributed by atoms with Crippen molar-refractivity contribution >= 4 is 11.6 Å². The van der Waals surface area contributed by atoms with Crippen molar-refractivity contribution in [3.05, 3.63) is 29.6 Å². The number of nitrogens with two attached hydrogens (primary N) is 1. The van der Waals surface area contributed by atoms with Crippen LogP contribution in [0.3, 0.4) is 0 Å². The van der Waals surface area contributed by atoms with Crippen molar-refractivity contribution in [3.8, 4) is 0 Å². The van der Waals surface area contributed by atoms with Crippen molar-refractivity contribution in [3.63, 3.8) is 0 Å². The molecule has 0 bridgehead atoms. The molecule has 3 N–H and O–H groups in total. The molecule has 1 rings (SSSR count). The van der Waals surface area contributed by atoms with Crippen molar-refractivity contribution in [2.24, 2.45) is 5.73 Å². The van der Waals surface area contributed by atoms with Gasteiger partial charge in [0.05, 0.1) is 5.54 Å². The molecule has 1 amide bonds. The molecule has 3 nitrogen and oxygen atoms in total. The van der Waals surface area contributed by atoms with Gasteiger partial charge >= 0.3 is 0 Å². The lowest BCUT2D eigenvalue weighted by molar-refractivity contribution is -0.120. The van der Waals surface area contributed by atoms with E-state index in [0.717, 1.165) is 12.0 Å². The molecule has 0 saturated carbocycles. The summed E-state index contributed by atoms with van der Waals surface area (Å²) in [5.74, 6) is -0.659. The molecule has 0 fully saturated rings. The average Bonchev–Trinajstić information content (AvgIpc) is 2.23. The Bertz CT molecular complexity index is 416. The van der Waals surface area contributed by atoms with E-state index in [1.807, 2.05) is 13.8 Å². The van der Waals surface area contributed by atoms with E-state index in [1.54, 1.807) is 13.0 Å². The van der Waals surface area contributed by atoms with Crippen molar-refractivity contribution in [2.45, 2.75) is 39.2 Å². The minimum absolute atomic E-state index is 0.284. The fourth-order valence-electron chi connectivity index (χ4n) is 1.63. The maximum absolute atomic E-state index is 13.1. The van der Waals surface area contributed by atoms with Crippen LogP contribution in [0.1, 0.15) is 32.3 Å². The van der Waals surface area contributed by atoms with E-state index in [-0.39, 0.29) is 11.7 Å². The van der Waals surface area contributed by atoms with E-state index < -0.39 is 5.54 Å². The molecule has 0 aliphatic rings. The largest absolute Gasteiger partial charge is 0.324 e. The first-order valence-corrected chi connectivity index (χ1v) is 5.73. The Morgan fingerprint density at radius 2 is 2.18 bits per heavy atom. The van der Waals surface area contributed by atoms with Gasteiger partial charge in [0, 0.05) is 5.69 Å². The van der Waals surface area contributed by atoms with Crippen LogP contribution < -0.4 is 11.1 Å². The second-order valence-corrected chi connectivity index (χ2v) is 4.58. The maximum Gasteiger partial charge on any atom is 0.244 e. The Balaban J connectivity index is 2.84. The van der Waals surface area contributed by atoms with Gasteiger partial charge in [-0.1, -0.05) is 19.4 Å². The highest BCUT2D eigenvalue weighted by atomic mass is 19.1. The third-order valence-electron chi connectivity index (χ3n) is 2.74. The molecule has 94 valence electrons. The summed E-state index contributed by atoms with van der Waals surface area (Å²) in [5.41, 5.74) is 6.26. The van der Waals surface area contributed by atoms with E-state index in [4.69, 9.17) is 5.73 Å². The van der Waals surface area contributed by atoms with Crippen molar-refractivity contribution in [2.75, 3.05) is 5.32 Å². The van der Waals surface area contributed by atoms with E-state index in [0.29, 0.717) is 12.1 Å². The van der Waals surface area contributed by atoms with Crippen LogP contribution in [-0.4, -0.2) is 11.4 Å². The zero-order valence-corrected chi connectivity index (χ0v) is 10.5. The standard InChI is InChI=1S/C13H19FN2O/c1-4-7-13(3,15)12(17)16-11-8-10(14)6-5-9(11)2/h5-6,8H,4,7,15H2,1-3H3,(H,16,17). The minimum Gasteiger partial charge on any atom is -0.324 e. The zero-order valence-electron chi connectivity index (χ0n) is 10.5. The molecule has 0 aromatic heterocycles. The number of hydrogen-bond acceptors (Lipinski definition) is 2. The predicted octanol–water partition coefficient (Wildman–Crippen LogP) is 2.59. The predicted molar refractivity (Wildman–Crippen MR) is 67.3 cm³/mol. The maximum atomic E-state index is 13.1. The summed E-state index contributed by atoms with van der Waals surface area (Å²) in [4.78, 5) is 11.9. The summed E-state index contributed by atoms with van der Waals surface area (Å²) in [6.07, 6.45) is 1.41. The van der Waals surface area contributed by atoms with Crippen LogP contribution in [0.2, 0.25) is 0 Å². The van der Waals surface area contributed by atoms with E-state index in [9.17, 15) is 9.18 Å². The summed E-state index contributed by atoms with van der Waals surface area (Å²) in [7, 11) is 0. The molecule has 1 aromatic rings. The molecule has 17 heavy (non-hydrogen) atoms. The molecule has 1 aromatic carbocycles. The van der Waals surface area contributed by atoms with Gasteiger partial charge in [0.25, 0.3) is 0 Å². The third-order valence-corrected chi connectivity index (χ3v) is 2.74. The number of halogens is 1. The van der Waals surface area contributed by atoms with Gasteiger partial charge in [0.2, 0.25) is 5.91 Å². The first-order chi connectivity index (χ1) is 7.86. The molecule has 4 heteroatoms. The number of carbonyl (C=O) groups is 1. The van der Waals surface area contributed by atoms with Crippen molar-refractivity contribution in [1.82, 2.24) is 0 Å². The average molecular weight is 238 g/mol. The van der Waals surface area contributed by atoms with Gasteiger partial charge in [-0.3, -0.25) is 4.79 Å². The monoisotopic (exact) mass is 238 g/mol. The molecule has 0 spiro atoms. The lowest BCUT2D eigenvalue weighted by atomic mass is 9.96. The molecule has 0 heterocycles. The second kappa shape index (κ2) is 5.27. The summed E-state index contributed by atoms with van der Waals surface area (Å²) in [6, 6.07) is 4.28.